The fraction of sp³-hybridized carbons (Fsp3) is 0.833. The maximum atomic E-state index is 9.54. The largest absolute Gasteiger partial charge is 0.394 e. The summed E-state index contributed by atoms with van der Waals surface area (Å²) >= 11 is 0. The van der Waals surface area contributed by atoms with Gasteiger partial charge in [0, 0.05) is 19.3 Å². The lowest BCUT2D eigenvalue weighted by atomic mass is 10.1. The van der Waals surface area contributed by atoms with Crippen molar-refractivity contribution in [2.24, 2.45) is 0 Å². The van der Waals surface area contributed by atoms with Gasteiger partial charge in [-0.3, -0.25) is 0 Å². The van der Waals surface area contributed by atoms with Crippen molar-refractivity contribution < 1.29 is 24.8 Å². The predicted molar refractivity (Wildman–Crippen MR) is 62.4 cm³/mol. The molecule has 1 saturated heterocycles. The van der Waals surface area contributed by atoms with Crippen molar-refractivity contribution in [1.29, 1.82) is 0 Å². The lowest BCUT2D eigenvalue weighted by Gasteiger charge is -2.32. The average Bonchev–Trinajstić information content (AvgIpc) is 2.28. The zero-order valence-electron chi connectivity index (χ0n) is 10.2. The third-order valence-electron chi connectivity index (χ3n) is 2.68. The van der Waals surface area contributed by atoms with Crippen LogP contribution < -0.4 is 0 Å². The molecule has 4 atom stereocenters. The van der Waals surface area contributed by atoms with Gasteiger partial charge in [0.1, 0.15) is 0 Å². The van der Waals surface area contributed by atoms with Gasteiger partial charge in [-0.25, -0.2) is 0 Å². The minimum absolute atomic E-state index is 0.113. The molecule has 0 saturated carbocycles. The molecule has 0 aromatic heterocycles. The zero-order valence-corrected chi connectivity index (χ0v) is 10.2. The first-order valence-electron chi connectivity index (χ1n) is 6.02. The van der Waals surface area contributed by atoms with Gasteiger partial charge in [-0.05, 0) is 6.92 Å². The van der Waals surface area contributed by atoms with Crippen molar-refractivity contribution >= 4 is 0 Å². The molecule has 1 aliphatic rings. The molecule has 0 bridgehead atoms. The summed E-state index contributed by atoms with van der Waals surface area (Å²) in [4.78, 5) is 0. The van der Waals surface area contributed by atoms with E-state index in [9.17, 15) is 10.2 Å². The molecule has 0 aromatic carbocycles. The monoisotopic (exact) mass is 246 g/mol. The predicted octanol–water partition coefficient (Wildman–Crippen LogP) is 0.188. The van der Waals surface area contributed by atoms with E-state index in [1.54, 1.807) is 12.2 Å². The highest BCUT2D eigenvalue weighted by Gasteiger charge is 2.28. The molecule has 5 heteroatoms. The minimum atomic E-state index is -0.512. The van der Waals surface area contributed by atoms with Crippen LogP contribution in [-0.2, 0) is 9.47 Å². The van der Waals surface area contributed by atoms with Gasteiger partial charge in [-0.2, -0.15) is 0 Å². The summed E-state index contributed by atoms with van der Waals surface area (Å²) in [5.74, 6) is 0. The summed E-state index contributed by atoms with van der Waals surface area (Å²) in [5, 5.41) is 27.9. The Morgan fingerprint density at radius 2 is 2.24 bits per heavy atom. The Labute approximate surface area is 102 Å². The fourth-order valence-corrected chi connectivity index (χ4v) is 1.81. The van der Waals surface area contributed by atoms with E-state index in [-0.39, 0.29) is 12.7 Å². The standard InChI is InChI=1S/C12H22O5/c1-2-3-9(14)4-5-16-12-7-10(15)6-11(8-13)17-12/h2-3,9-15H,4-8H2,1H3/b3-2+/t9-,10+,11+,12-/m1/s1. The Balaban J connectivity index is 2.22. The summed E-state index contributed by atoms with van der Waals surface area (Å²) in [6.45, 7) is 2.09. The Hall–Kier alpha value is -0.460. The van der Waals surface area contributed by atoms with Gasteiger partial charge >= 0.3 is 0 Å². The number of hydrogen-bond acceptors (Lipinski definition) is 5. The fourth-order valence-electron chi connectivity index (χ4n) is 1.81. The summed E-state index contributed by atoms with van der Waals surface area (Å²) in [5.41, 5.74) is 0. The Bertz CT molecular complexity index is 231. The normalized spacial score (nSPS) is 31.9. The number of allylic oxidation sites excluding steroid dienone is 1. The first kappa shape index (κ1) is 14.6. The number of hydrogen-bond donors (Lipinski definition) is 3. The van der Waals surface area contributed by atoms with Gasteiger partial charge in [0.05, 0.1) is 31.5 Å². The van der Waals surface area contributed by atoms with E-state index in [2.05, 4.69) is 0 Å². The van der Waals surface area contributed by atoms with Crippen LogP contribution in [0.2, 0.25) is 0 Å². The molecule has 0 aliphatic carbocycles. The molecular formula is C12H22O5. The lowest BCUT2D eigenvalue weighted by molar-refractivity contribution is -0.222. The molecule has 5 nitrogen and oxygen atoms in total. The third kappa shape index (κ3) is 5.61. The Kier molecular flexibility index (Phi) is 6.69. The summed E-state index contributed by atoms with van der Waals surface area (Å²) in [7, 11) is 0. The molecule has 1 rings (SSSR count). The number of ether oxygens (including phenoxy) is 2. The van der Waals surface area contributed by atoms with Crippen LogP contribution in [0.5, 0.6) is 0 Å². The zero-order chi connectivity index (χ0) is 12.7. The molecule has 0 radical (unpaired) electrons. The maximum Gasteiger partial charge on any atom is 0.160 e. The first-order valence-corrected chi connectivity index (χ1v) is 6.02. The average molecular weight is 246 g/mol. The van der Waals surface area contributed by atoms with Gasteiger partial charge in [0.2, 0.25) is 0 Å². The van der Waals surface area contributed by atoms with Crippen molar-refractivity contribution in [3.63, 3.8) is 0 Å². The highest BCUT2D eigenvalue weighted by molar-refractivity contribution is 4.85. The maximum absolute atomic E-state index is 9.54. The molecular weight excluding hydrogens is 224 g/mol. The highest BCUT2D eigenvalue weighted by Crippen LogP contribution is 2.20. The van der Waals surface area contributed by atoms with Crippen LogP contribution in [0.4, 0.5) is 0 Å². The topological polar surface area (TPSA) is 79.2 Å². The molecule has 1 fully saturated rings. The molecule has 17 heavy (non-hydrogen) atoms. The molecule has 100 valence electrons. The van der Waals surface area contributed by atoms with Crippen LogP contribution in [0.25, 0.3) is 0 Å². The first-order chi connectivity index (χ1) is 8.15. The Morgan fingerprint density at radius 1 is 1.47 bits per heavy atom. The SMILES string of the molecule is C/C=C/[C@@H](O)CCO[C@H]1C[C@@H](O)C[C@@H](CO)O1. The van der Waals surface area contributed by atoms with E-state index in [4.69, 9.17) is 14.6 Å². The molecule has 0 spiro atoms. The number of rotatable bonds is 6. The lowest BCUT2D eigenvalue weighted by Crippen LogP contribution is -2.39. The molecule has 3 N–H and O–H groups in total. The van der Waals surface area contributed by atoms with Crippen molar-refractivity contribution in [3.8, 4) is 0 Å². The van der Waals surface area contributed by atoms with Gasteiger partial charge in [-0.1, -0.05) is 12.2 Å². The third-order valence-corrected chi connectivity index (χ3v) is 2.68. The van der Waals surface area contributed by atoms with Gasteiger partial charge in [0.15, 0.2) is 6.29 Å². The Morgan fingerprint density at radius 3 is 2.88 bits per heavy atom. The van der Waals surface area contributed by atoms with E-state index in [0.717, 1.165) is 0 Å². The van der Waals surface area contributed by atoms with E-state index in [1.165, 1.54) is 0 Å². The summed E-state index contributed by atoms with van der Waals surface area (Å²) in [6, 6.07) is 0. The van der Waals surface area contributed by atoms with Crippen molar-refractivity contribution in [3.05, 3.63) is 12.2 Å². The van der Waals surface area contributed by atoms with Crippen molar-refractivity contribution in [2.75, 3.05) is 13.2 Å². The second-order valence-electron chi connectivity index (χ2n) is 4.25. The summed E-state index contributed by atoms with van der Waals surface area (Å²) < 4.78 is 10.8. The molecule has 0 aromatic rings. The molecule has 1 aliphatic heterocycles. The minimum Gasteiger partial charge on any atom is -0.394 e. The van der Waals surface area contributed by atoms with E-state index < -0.39 is 18.5 Å². The van der Waals surface area contributed by atoms with Gasteiger partial charge < -0.3 is 24.8 Å². The van der Waals surface area contributed by atoms with Gasteiger partial charge in [0.25, 0.3) is 0 Å². The van der Waals surface area contributed by atoms with E-state index >= 15 is 0 Å². The number of aliphatic hydroxyl groups is 3. The second-order valence-corrected chi connectivity index (χ2v) is 4.25. The van der Waals surface area contributed by atoms with Crippen LogP contribution in [-0.4, -0.2) is 53.1 Å². The highest BCUT2D eigenvalue weighted by atomic mass is 16.7. The molecule has 0 unspecified atom stereocenters. The van der Waals surface area contributed by atoms with Crippen LogP contribution in [0, 0.1) is 0 Å². The summed E-state index contributed by atoms with van der Waals surface area (Å²) in [6.07, 6.45) is 2.97. The van der Waals surface area contributed by atoms with E-state index in [0.29, 0.717) is 25.9 Å². The van der Waals surface area contributed by atoms with Crippen molar-refractivity contribution in [1.82, 2.24) is 0 Å². The van der Waals surface area contributed by atoms with Crippen LogP contribution in [0.1, 0.15) is 26.2 Å². The number of aliphatic hydroxyl groups excluding tert-OH is 3. The molecule has 0 amide bonds. The smallest absolute Gasteiger partial charge is 0.160 e. The second kappa shape index (κ2) is 7.79. The van der Waals surface area contributed by atoms with Crippen LogP contribution in [0.15, 0.2) is 12.2 Å². The van der Waals surface area contributed by atoms with Crippen LogP contribution >= 0.6 is 0 Å². The van der Waals surface area contributed by atoms with Crippen LogP contribution in [0.3, 0.4) is 0 Å². The van der Waals surface area contributed by atoms with E-state index in [1.807, 2.05) is 6.92 Å². The molecule has 1 heterocycles. The van der Waals surface area contributed by atoms with Gasteiger partial charge in [-0.15, -0.1) is 0 Å². The van der Waals surface area contributed by atoms with Crippen molar-refractivity contribution in [2.45, 2.75) is 50.8 Å². The quantitative estimate of drug-likeness (QED) is 0.583.